The molecule has 0 aliphatic carbocycles. The van der Waals surface area contributed by atoms with E-state index in [4.69, 9.17) is 9.45 Å². The van der Waals surface area contributed by atoms with Crippen LogP contribution in [0.1, 0.15) is 0 Å². The second-order valence-electron chi connectivity index (χ2n) is 1.01. The van der Waals surface area contributed by atoms with Gasteiger partial charge in [0.25, 0.3) is 0 Å². The third kappa shape index (κ3) is 17.4. The van der Waals surface area contributed by atoms with Crippen LogP contribution in [0, 0.1) is 0 Å². The zero-order valence-corrected chi connectivity index (χ0v) is 9.51. The van der Waals surface area contributed by atoms with Crippen LogP contribution in [0.25, 0.3) is 0 Å². The molecule has 1 atom stereocenters. The molecule has 0 bridgehead atoms. The molecule has 86 valence electrons. The van der Waals surface area contributed by atoms with Crippen molar-refractivity contribution < 1.29 is 22.4 Å². The van der Waals surface area contributed by atoms with Crippen molar-refractivity contribution >= 4 is 16.5 Å². The average molecular weight is 245 g/mol. The Labute approximate surface area is 84.5 Å². The molecule has 6 nitrogen and oxygen atoms in total. The molecule has 8 heteroatoms. The highest BCUT2D eigenvalue weighted by Gasteiger charge is 2.28. The topological polar surface area (TPSA) is 118 Å². The lowest BCUT2D eigenvalue weighted by Gasteiger charge is -1.95. The van der Waals surface area contributed by atoms with Crippen LogP contribution in [0.15, 0.2) is 39.5 Å². The number of nitrogens with two attached hydrogens (primary N) is 1. The molecule has 14 heavy (non-hydrogen) atoms. The standard InChI is InChI=1S/3C2H4.H4NO5PS/c3*1-2;1-7(2,3)8(4,5)6/h3*1-2H2;(H3,1,2,3)(H,4,5,6). The van der Waals surface area contributed by atoms with E-state index >= 15 is 0 Å². The van der Waals surface area contributed by atoms with Crippen molar-refractivity contribution in [2.45, 2.75) is 0 Å². The molecular formula is C6H16NO5PS. The summed E-state index contributed by atoms with van der Waals surface area (Å²) in [6.07, 6.45) is 0. The minimum absolute atomic E-state index is 3.00. The van der Waals surface area contributed by atoms with Crippen LogP contribution >= 0.6 is 6.72 Å². The molecule has 0 aromatic heterocycles. The minimum atomic E-state index is -4.95. The molecular weight excluding hydrogens is 229 g/mol. The number of hydrogen-bond donors (Lipinski definition) is 3. The Morgan fingerprint density at radius 3 is 1.07 bits per heavy atom. The van der Waals surface area contributed by atoms with Gasteiger partial charge in [-0.2, -0.15) is 8.42 Å². The van der Waals surface area contributed by atoms with Crippen LogP contribution in [-0.4, -0.2) is 17.9 Å². The monoisotopic (exact) mass is 245 g/mol. The van der Waals surface area contributed by atoms with Crippen LogP contribution in [0.4, 0.5) is 0 Å². The fourth-order valence-corrected chi connectivity index (χ4v) is 0. The van der Waals surface area contributed by atoms with Gasteiger partial charge in [0, 0.05) is 0 Å². The SMILES string of the molecule is C=C.C=C.C=C.NP(=O)(O)S(=O)(=O)O. The predicted octanol–water partition coefficient (Wildman–Crippen LogP) is 1.34. The highest BCUT2D eigenvalue weighted by Crippen LogP contribution is 2.36. The highest BCUT2D eigenvalue weighted by atomic mass is 32.8. The summed E-state index contributed by atoms with van der Waals surface area (Å²) in [6, 6.07) is 0. The summed E-state index contributed by atoms with van der Waals surface area (Å²) in [4.78, 5) is 7.85. The summed E-state index contributed by atoms with van der Waals surface area (Å²) in [5.41, 5.74) is 4.09. The Hall–Kier alpha value is -0.720. The van der Waals surface area contributed by atoms with E-state index in [9.17, 15) is 13.0 Å². The first-order valence-corrected chi connectivity index (χ1v) is 6.61. The maximum Gasteiger partial charge on any atom is 0.404 e. The molecule has 0 rings (SSSR count). The van der Waals surface area contributed by atoms with Gasteiger partial charge in [0.2, 0.25) is 0 Å². The summed E-state index contributed by atoms with van der Waals surface area (Å²) in [7, 11) is -4.95. The molecule has 0 amide bonds. The van der Waals surface area contributed by atoms with Gasteiger partial charge >= 0.3 is 16.5 Å². The van der Waals surface area contributed by atoms with E-state index in [2.05, 4.69) is 45.0 Å². The van der Waals surface area contributed by atoms with Gasteiger partial charge in [0.1, 0.15) is 0 Å². The van der Waals surface area contributed by atoms with E-state index in [1.807, 2.05) is 0 Å². The van der Waals surface area contributed by atoms with Crippen molar-refractivity contribution in [1.82, 2.24) is 0 Å². The maximum absolute atomic E-state index is 9.73. The normalized spacial score (nSPS) is 12.2. The Bertz CT molecular complexity index is 253. The van der Waals surface area contributed by atoms with E-state index < -0.39 is 16.5 Å². The Morgan fingerprint density at radius 1 is 1.00 bits per heavy atom. The highest BCUT2D eigenvalue weighted by molar-refractivity contribution is 8.47. The van der Waals surface area contributed by atoms with Gasteiger partial charge in [-0.25, -0.2) is 5.50 Å². The fraction of sp³-hybridized carbons (Fsp3) is 0. The fourth-order valence-electron chi connectivity index (χ4n) is 0. The Kier molecular flexibility index (Phi) is 20.4. The van der Waals surface area contributed by atoms with Crippen molar-refractivity contribution in [3.63, 3.8) is 0 Å². The van der Waals surface area contributed by atoms with Crippen LogP contribution in [0.5, 0.6) is 0 Å². The van der Waals surface area contributed by atoms with Gasteiger partial charge in [-0.05, 0) is 0 Å². The molecule has 0 heterocycles. The first-order chi connectivity index (χ1) is 6.25. The molecule has 0 aromatic carbocycles. The van der Waals surface area contributed by atoms with E-state index in [-0.39, 0.29) is 0 Å². The molecule has 0 fully saturated rings. The molecule has 0 spiro atoms. The zero-order chi connectivity index (χ0) is 13.0. The van der Waals surface area contributed by atoms with Gasteiger partial charge in [-0.15, -0.1) is 39.5 Å². The first kappa shape index (κ1) is 23.3. The Morgan fingerprint density at radius 2 is 1.07 bits per heavy atom. The second kappa shape index (κ2) is 12.3. The van der Waals surface area contributed by atoms with Gasteiger partial charge in [-0.3, -0.25) is 9.12 Å². The quantitative estimate of drug-likeness (QED) is 0.364. The molecule has 4 N–H and O–H groups in total. The lowest BCUT2D eigenvalue weighted by atomic mass is 11.3. The zero-order valence-electron chi connectivity index (χ0n) is 7.79. The molecule has 0 aromatic rings. The van der Waals surface area contributed by atoms with Crippen LogP contribution in [0.2, 0.25) is 0 Å². The number of rotatable bonds is 1. The molecule has 0 saturated carbocycles. The Balaban J connectivity index is -0.0000000708. The molecule has 0 aliphatic rings. The van der Waals surface area contributed by atoms with Crippen molar-refractivity contribution in [2.24, 2.45) is 5.50 Å². The third-order valence-electron chi connectivity index (χ3n) is 0.331. The molecule has 1 unspecified atom stereocenters. The molecule has 0 radical (unpaired) electrons. The molecule has 0 saturated heterocycles. The minimum Gasteiger partial charge on any atom is -0.321 e. The van der Waals surface area contributed by atoms with Gasteiger partial charge < -0.3 is 4.89 Å². The van der Waals surface area contributed by atoms with Crippen molar-refractivity contribution in [3.05, 3.63) is 39.5 Å². The van der Waals surface area contributed by atoms with Crippen LogP contribution in [-0.2, 0) is 14.3 Å². The second-order valence-corrected chi connectivity index (χ2v) is 5.99. The van der Waals surface area contributed by atoms with Gasteiger partial charge in [-0.1, -0.05) is 0 Å². The lowest BCUT2D eigenvalue weighted by molar-refractivity contribution is 0.459. The maximum atomic E-state index is 9.73. The van der Waals surface area contributed by atoms with Crippen molar-refractivity contribution in [3.8, 4) is 0 Å². The van der Waals surface area contributed by atoms with Gasteiger partial charge in [0.05, 0.1) is 0 Å². The summed E-state index contributed by atoms with van der Waals surface area (Å²) in [6.45, 7) is 13.2. The first-order valence-electron chi connectivity index (χ1n) is 2.84. The van der Waals surface area contributed by atoms with E-state index in [1.165, 1.54) is 0 Å². The third-order valence-corrected chi connectivity index (χ3v) is 2.98. The average Bonchev–Trinajstić information content (AvgIpc) is 2.11. The summed E-state index contributed by atoms with van der Waals surface area (Å²) >= 11 is 0. The van der Waals surface area contributed by atoms with Crippen molar-refractivity contribution in [2.75, 3.05) is 0 Å². The number of hydrogen-bond acceptors (Lipinski definition) is 3. The largest absolute Gasteiger partial charge is 0.404 e. The van der Waals surface area contributed by atoms with E-state index in [1.54, 1.807) is 0 Å². The van der Waals surface area contributed by atoms with Crippen LogP contribution in [0.3, 0.4) is 0 Å². The van der Waals surface area contributed by atoms with Crippen LogP contribution < -0.4 is 5.50 Å². The smallest absolute Gasteiger partial charge is 0.321 e. The summed E-state index contributed by atoms with van der Waals surface area (Å²) in [5.74, 6) is 0. The van der Waals surface area contributed by atoms with Gasteiger partial charge in [0.15, 0.2) is 0 Å². The summed E-state index contributed by atoms with van der Waals surface area (Å²) < 4.78 is 36.6. The van der Waals surface area contributed by atoms with E-state index in [0.29, 0.717) is 0 Å². The summed E-state index contributed by atoms with van der Waals surface area (Å²) in [5, 5.41) is 0. The molecule has 0 aliphatic heterocycles. The van der Waals surface area contributed by atoms with E-state index in [0.717, 1.165) is 0 Å². The van der Waals surface area contributed by atoms with Crippen molar-refractivity contribution in [1.29, 1.82) is 0 Å². The predicted molar refractivity (Wildman–Crippen MR) is 59.3 cm³/mol. The lowest BCUT2D eigenvalue weighted by Crippen LogP contribution is -2.05.